The molecule has 120 valence electrons. The minimum atomic E-state index is -1.68. The molecule has 6 N–H and O–H groups in total. The third-order valence-electron chi connectivity index (χ3n) is 2.24. The maximum absolute atomic E-state index is 11.4. The van der Waals surface area contributed by atoms with Crippen LogP contribution in [0.5, 0.6) is 0 Å². The second-order valence-corrected chi connectivity index (χ2v) is 5.20. The fourth-order valence-electron chi connectivity index (χ4n) is 1.15. The highest BCUT2D eigenvalue weighted by atomic mass is 32.2. The number of carbonyl (C=O) groups is 4. The summed E-state index contributed by atoms with van der Waals surface area (Å²) in [4.78, 5) is 43.8. The molecular weight excluding hydrogens is 302 g/mol. The number of nitrogens with one attached hydrogen (secondary N) is 2. The lowest BCUT2D eigenvalue weighted by atomic mass is 10.1. The van der Waals surface area contributed by atoms with E-state index in [4.69, 9.17) is 10.8 Å². The molecule has 0 heterocycles. The molecule has 0 rings (SSSR count). The largest absolute Gasteiger partial charge is 0.480 e. The number of aliphatic hydroxyl groups is 1. The van der Waals surface area contributed by atoms with Gasteiger partial charge in [0.05, 0.1) is 0 Å². The maximum atomic E-state index is 11.4. The van der Waals surface area contributed by atoms with Crippen LogP contribution in [-0.2, 0) is 19.2 Å². The Kier molecular flexibility index (Phi) is 9.34. The van der Waals surface area contributed by atoms with Crippen LogP contribution in [0, 0.1) is 0 Å². The quantitative estimate of drug-likeness (QED) is 0.241. The van der Waals surface area contributed by atoms with E-state index in [1.165, 1.54) is 6.92 Å². The lowest BCUT2D eigenvalue weighted by Crippen LogP contribution is -2.41. The molecule has 0 aliphatic rings. The average Bonchev–Trinajstić information content (AvgIpc) is 2.40. The van der Waals surface area contributed by atoms with Crippen LogP contribution in [0.1, 0.15) is 19.8 Å². The van der Waals surface area contributed by atoms with Gasteiger partial charge >= 0.3 is 5.97 Å². The standard InChI is InChI=1S/C11H19N3O6S/c1-6(15)13-4-5-21-11(20)9(17)14-8(16)3-2-7(12)10(18)19/h7,9,17H,2-5,12H2,1H3,(H,13,15)(H,14,16)(H,18,19)/t7?,9-/m1/s1. The summed E-state index contributed by atoms with van der Waals surface area (Å²) in [6.45, 7) is 1.60. The highest BCUT2D eigenvalue weighted by molar-refractivity contribution is 8.13. The van der Waals surface area contributed by atoms with Gasteiger partial charge in [0.2, 0.25) is 16.9 Å². The van der Waals surface area contributed by atoms with E-state index in [1.807, 2.05) is 5.32 Å². The Bertz CT molecular complexity index is 403. The minimum absolute atomic E-state index is 0.0995. The van der Waals surface area contributed by atoms with Crippen LogP contribution in [0.2, 0.25) is 0 Å². The Morgan fingerprint density at radius 2 is 1.90 bits per heavy atom. The highest BCUT2D eigenvalue weighted by Gasteiger charge is 2.19. The zero-order chi connectivity index (χ0) is 16.4. The van der Waals surface area contributed by atoms with E-state index in [9.17, 15) is 24.3 Å². The molecule has 2 amide bonds. The number of aliphatic carboxylic acids is 1. The Balaban J connectivity index is 3.92. The van der Waals surface area contributed by atoms with Crippen LogP contribution < -0.4 is 16.4 Å². The van der Waals surface area contributed by atoms with Crippen molar-refractivity contribution in [2.75, 3.05) is 12.3 Å². The van der Waals surface area contributed by atoms with Crippen molar-refractivity contribution in [3.8, 4) is 0 Å². The molecule has 2 atom stereocenters. The van der Waals surface area contributed by atoms with Gasteiger partial charge in [-0.05, 0) is 6.42 Å². The van der Waals surface area contributed by atoms with E-state index in [0.29, 0.717) is 0 Å². The van der Waals surface area contributed by atoms with Crippen molar-refractivity contribution >= 4 is 34.7 Å². The number of carbonyl (C=O) groups excluding carboxylic acids is 3. The first-order chi connectivity index (χ1) is 9.73. The lowest BCUT2D eigenvalue weighted by molar-refractivity contribution is -0.139. The van der Waals surface area contributed by atoms with Crippen LogP contribution >= 0.6 is 11.8 Å². The van der Waals surface area contributed by atoms with Crippen LogP contribution in [0.3, 0.4) is 0 Å². The van der Waals surface area contributed by atoms with Gasteiger partial charge in [-0.25, -0.2) is 0 Å². The molecule has 9 nitrogen and oxygen atoms in total. The van der Waals surface area contributed by atoms with Gasteiger partial charge in [-0.1, -0.05) is 11.8 Å². The fraction of sp³-hybridized carbons (Fsp3) is 0.636. The normalized spacial score (nSPS) is 13.1. The number of carboxylic acids is 1. The predicted molar refractivity (Wildman–Crippen MR) is 75.1 cm³/mol. The van der Waals surface area contributed by atoms with Gasteiger partial charge in [0.25, 0.3) is 0 Å². The monoisotopic (exact) mass is 321 g/mol. The lowest BCUT2D eigenvalue weighted by Gasteiger charge is -2.12. The van der Waals surface area contributed by atoms with Crippen molar-refractivity contribution in [3.05, 3.63) is 0 Å². The number of aliphatic hydroxyl groups excluding tert-OH is 1. The van der Waals surface area contributed by atoms with E-state index in [0.717, 1.165) is 11.8 Å². The van der Waals surface area contributed by atoms with Gasteiger partial charge < -0.3 is 26.6 Å². The number of carboxylic acid groups (broad SMARTS) is 1. The van der Waals surface area contributed by atoms with Gasteiger partial charge in [-0.15, -0.1) is 0 Å². The third kappa shape index (κ3) is 9.82. The highest BCUT2D eigenvalue weighted by Crippen LogP contribution is 2.04. The van der Waals surface area contributed by atoms with Crippen molar-refractivity contribution < 1.29 is 29.4 Å². The molecule has 0 saturated heterocycles. The molecule has 10 heteroatoms. The fourth-order valence-corrected chi connectivity index (χ4v) is 1.77. The van der Waals surface area contributed by atoms with Crippen molar-refractivity contribution in [2.24, 2.45) is 5.73 Å². The Hall–Kier alpha value is -1.65. The van der Waals surface area contributed by atoms with Gasteiger partial charge in [0, 0.05) is 25.6 Å². The van der Waals surface area contributed by atoms with Crippen LogP contribution in [-0.4, -0.2) is 57.7 Å². The van der Waals surface area contributed by atoms with E-state index in [1.54, 1.807) is 0 Å². The van der Waals surface area contributed by atoms with Crippen LogP contribution in [0.4, 0.5) is 0 Å². The molecule has 1 unspecified atom stereocenters. The van der Waals surface area contributed by atoms with E-state index >= 15 is 0 Å². The molecule has 0 fully saturated rings. The summed E-state index contributed by atoms with van der Waals surface area (Å²) >= 11 is 0.761. The number of rotatable bonds is 9. The minimum Gasteiger partial charge on any atom is -0.480 e. The summed E-state index contributed by atoms with van der Waals surface area (Å²) in [7, 11) is 0. The number of thioether (sulfide) groups is 1. The summed E-state index contributed by atoms with van der Waals surface area (Å²) in [5, 5.41) is 21.8. The van der Waals surface area contributed by atoms with Gasteiger partial charge in [0.1, 0.15) is 6.04 Å². The Morgan fingerprint density at radius 3 is 2.43 bits per heavy atom. The second kappa shape index (κ2) is 10.1. The number of amides is 2. The predicted octanol–water partition coefficient (Wildman–Crippen LogP) is -1.99. The SMILES string of the molecule is CC(=O)NCCSC(=O)[C@@H](O)NC(=O)CCC(N)C(=O)O. The van der Waals surface area contributed by atoms with Crippen LogP contribution in [0.25, 0.3) is 0 Å². The molecule has 0 aromatic heterocycles. The molecule has 0 spiro atoms. The number of hydrogen-bond donors (Lipinski definition) is 5. The zero-order valence-corrected chi connectivity index (χ0v) is 12.3. The molecule has 21 heavy (non-hydrogen) atoms. The third-order valence-corrected chi connectivity index (χ3v) is 3.16. The summed E-state index contributed by atoms with van der Waals surface area (Å²) in [6, 6.07) is -1.17. The first-order valence-corrected chi connectivity index (χ1v) is 7.09. The Labute approximate surface area is 125 Å². The molecule has 0 saturated carbocycles. The summed E-state index contributed by atoms with van der Waals surface area (Å²) in [5.74, 6) is -1.87. The summed E-state index contributed by atoms with van der Waals surface area (Å²) in [5.41, 5.74) is 5.21. The first-order valence-electron chi connectivity index (χ1n) is 6.11. The molecule has 0 bridgehead atoms. The molecule has 0 radical (unpaired) electrons. The summed E-state index contributed by atoms with van der Waals surface area (Å²) in [6.07, 6.45) is -1.99. The van der Waals surface area contributed by atoms with Gasteiger partial charge in [-0.3, -0.25) is 19.2 Å². The smallest absolute Gasteiger partial charge is 0.320 e. The van der Waals surface area contributed by atoms with E-state index in [-0.39, 0.29) is 31.0 Å². The summed E-state index contributed by atoms with van der Waals surface area (Å²) < 4.78 is 0. The topological polar surface area (TPSA) is 159 Å². The average molecular weight is 321 g/mol. The van der Waals surface area contributed by atoms with Crippen molar-refractivity contribution in [2.45, 2.75) is 32.0 Å². The maximum Gasteiger partial charge on any atom is 0.320 e. The van der Waals surface area contributed by atoms with Gasteiger partial charge in [-0.2, -0.15) is 0 Å². The van der Waals surface area contributed by atoms with Crippen molar-refractivity contribution in [3.63, 3.8) is 0 Å². The molecule has 0 aliphatic carbocycles. The molecule has 0 aromatic rings. The number of nitrogens with two attached hydrogens (primary N) is 1. The van der Waals surface area contributed by atoms with Crippen LogP contribution in [0.15, 0.2) is 0 Å². The first kappa shape index (κ1) is 19.4. The van der Waals surface area contributed by atoms with Gasteiger partial charge in [0.15, 0.2) is 6.23 Å². The van der Waals surface area contributed by atoms with Crippen molar-refractivity contribution in [1.82, 2.24) is 10.6 Å². The molecule has 0 aliphatic heterocycles. The van der Waals surface area contributed by atoms with E-state index in [2.05, 4.69) is 5.32 Å². The van der Waals surface area contributed by atoms with E-state index < -0.39 is 29.3 Å². The second-order valence-electron chi connectivity index (χ2n) is 4.10. The van der Waals surface area contributed by atoms with Crippen molar-refractivity contribution in [1.29, 1.82) is 0 Å². The Morgan fingerprint density at radius 1 is 1.29 bits per heavy atom. The molecule has 0 aromatic carbocycles. The molecular formula is C11H19N3O6S. The number of hydrogen-bond acceptors (Lipinski definition) is 7. The zero-order valence-electron chi connectivity index (χ0n) is 11.5.